The Labute approximate surface area is 222 Å². The molecule has 3 aromatic rings. The molecule has 3 aromatic heterocycles. The van der Waals surface area contributed by atoms with Crippen LogP contribution in [0.3, 0.4) is 0 Å². The predicted octanol–water partition coefficient (Wildman–Crippen LogP) is 3.11. The van der Waals surface area contributed by atoms with Gasteiger partial charge in [-0.05, 0) is 38.8 Å². The van der Waals surface area contributed by atoms with E-state index in [0.717, 1.165) is 30.8 Å². The summed E-state index contributed by atoms with van der Waals surface area (Å²) < 4.78 is 7.47. The van der Waals surface area contributed by atoms with Crippen LogP contribution in [-0.4, -0.2) is 74.4 Å². The van der Waals surface area contributed by atoms with Crippen molar-refractivity contribution in [1.82, 2.24) is 30.5 Å². The first-order valence-corrected chi connectivity index (χ1v) is 13.2. The Morgan fingerprint density at radius 3 is 2.62 bits per heavy atom. The van der Waals surface area contributed by atoms with E-state index in [4.69, 9.17) is 21.2 Å². The number of hydrogen-bond donors (Lipinski definition) is 3. The Morgan fingerprint density at radius 2 is 1.97 bits per heavy atom. The Morgan fingerprint density at radius 1 is 1.22 bits per heavy atom. The summed E-state index contributed by atoms with van der Waals surface area (Å²) >= 11 is 7.37. The third kappa shape index (κ3) is 6.96. The zero-order valence-corrected chi connectivity index (χ0v) is 22.1. The molecule has 1 aliphatic rings. The highest BCUT2D eigenvalue weighted by Crippen LogP contribution is 2.31. The molecule has 11 nitrogen and oxygen atoms in total. The molecule has 1 saturated heterocycles. The van der Waals surface area contributed by atoms with Gasteiger partial charge in [-0.1, -0.05) is 16.8 Å². The number of halogens is 1. The summed E-state index contributed by atoms with van der Waals surface area (Å²) in [6.07, 6.45) is 1.44. The molecule has 198 valence electrons. The minimum Gasteiger partial charge on any atom is -0.481 e. The lowest BCUT2D eigenvalue weighted by Crippen LogP contribution is -2.46. The fourth-order valence-corrected chi connectivity index (χ4v) is 5.12. The fourth-order valence-electron chi connectivity index (χ4n) is 4.13. The van der Waals surface area contributed by atoms with Gasteiger partial charge in [0.2, 0.25) is 0 Å². The van der Waals surface area contributed by atoms with Gasteiger partial charge in [0.1, 0.15) is 11.4 Å². The largest absolute Gasteiger partial charge is 0.481 e. The van der Waals surface area contributed by atoms with Crippen LogP contribution >= 0.6 is 22.9 Å². The molecule has 0 unspecified atom stereocenters. The smallest absolute Gasteiger partial charge is 0.305 e. The number of carbonyl (C=O) groups is 3. The van der Waals surface area contributed by atoms with Gasteiger partial charge in [-0.25, -0.2) is 0 Å². The number of piperidine rings is 1. The molecule has 4 rings (SSSR count). The first-order valence-electron chi connectivity index (χ1n) is 12.0. The topological polar surface area (TPSA) is 143 Å². The maximum atomic E-state index is 13.3. The van der Waals surface area contributed by atoms with Crippen LogP contribution < -0.4 is 10.6 Å². The van der Waals surface area contributed by atoms with Gasteiger partial charge in [-0.2, -0.15) is 5.10 Å². The summed E-state index contributed by atoms with van der Waals surface area (Å²) in [5.74, 6) is -1.39. The second kappa shape index (κ2) is 11.9. The van der Waals surface area contributed by atoms with Gasteiger partial charge in [0.05, 0.1) is 22.2 Å². The molecule has 3 N–H and O–H groups in total. The lowest BCUT2D eigenvalue weighted by Gasteiger charge is -2.34. The molecule has 0 bridgehead atoms. The van der Waals surface area contributed by atoms with E-state index in [1.165, 1.54) is 22.1 Å². The SMILES string of the molecule is CC(C)N1CCC(NC(=O)c2cc(C(=O)NCCC(=O)O)nn2Cc2cc(-c3ccc(Cl)s3)on2)CC1. The van der Waals surface area contributed by atoms with E-state index in [0.29, 0.717) is 21.8 Å². The van der Waals surface area contributed by atoms with Crippen molar-refractivity contribution < 1.29 is 24.0 Å². The van der Waals surface area contributed by atoms with Crippen molar-refractivity contribution in [3.63, 3.8) is 0 Å². The molecule has 37 heavy (non-hydrogen) atoms. The number of carboxylic acids is 1. The van der Waals surface area contributed by atoms with Gasteiger partial charge in [-0.15, -0.1) is 11.3 Å². The van der Waals surface area contributed by atoms with Gasteiger partial charge in [0.25, 0.3) is 11.8 Å². The number of hydrogen-bond acceptors (Lipinski definition) is 8. The van der Waals surface area contributed by atoms with Crippen molar-refractivity contribution in [1.29, 1.82) is 0 Å². The lowest BCUT2D eigenvalue weighted by atomic mass is 10.0. The third-order valence-electron chi connectivity index (χ3n) is 6.15. The molecular weight excluding hydrogens is 520 g/mol. The normalized spacial score (nSPS) is 14.7. The van der Waals surface area contributed by atoms with Crippen LogP contribution in [0.2, 0.25) is 4.34 Å². The van der Waals surface area contributed by atoms with Gasteiger partial charge < -0.3 is 25.2 Å². The number of carbonyl (C=O) groups excluding carboxylic acids is 2. The summed E-state index contributed by atoms with van der Waals surface area (Å²) in [5.41, 5.74) is 0.733. The average Bonchev–Trinajstić information content (AvgIpc) is 3.59. The first-order chi connectivity index (χ1) is 17.7. The summed E-state index contributed by atoms with van der Waals surface area (Å²) in [4.78, 5) is 39.8. The second-order valence-electron chi connectivity index (χ2n) is 9.14. The van der Waals surface area contributed by atoms with Gasteiger partial charge in [0.15, 0.2) is 11.5 Å². The zero-order chi connectivity index (χ0) is 26.5. The summed E-state index contributed by atoms with van der Waals surface area (Å²) in [5, 5.41) is 22.8. The fraction of sp³-hybridized carbons (Fsp3) is 0.458. The third-order valence-corrected chi connectivity index (χ3v) is 7.40. The Kier molecular flexibility index (Phi) is 8.62. The summed E-state index contributed by atoms with van der Waals surface area (Å²) in [6.45, 7) is 6.15. The highest BCUT2D eigenvalue weighted by Gasteiger charge is 2.26. The molecule has 0 atom stereocenters. The Hall–Kier alpha value is -3.22. The van der Waals surface area contributed by atoms with E-state index in [2.05, 4.69) is 39.6 Å². The average molecular weight is 549 g/mol. The number of nitrogens with zero attached hydrogens (tertiary/aromatic N) is 4. The molecule has 1 fully saturated rings. The molecule has 1 aliphatic heterocycles. The number of thiophene rings is 1. The second-order valence-corrected chi connectivity index (χ2v) is 10.9. The van der Waals surface area contributed by atoms with Crippen molar-refractivity contribution in [2.24, 2.45) is 0 Å². The van der Waals surface area contributed by atoms with E-state index in [1.54, 1.807) is 12.1 Å². The van der Waals surface area contributed by atoms with Crippen LogP contribution in [0.1, 0.15) is 59.8 Å². The van der Waals surface area contributed by atoms with Crippen LogP contribution in [-0.2, 0) is 11.3 Å². The molecule has 0 aliphatic carbocycles. The first kappa shape index (κ1) is 26.8. The van der Waals surface area contributed by atoms with Gasteiger partial charge >= 0.3 is 5.97 Å². The van der Waals surface area contributed by atoms with Crippen LogP contribution in [0.5, 0.6) is 0 Å². The molecule has 4 heterocycles. The zero-order valence-electron chi connectivity index (χ0n) is 20.6. The van der Waals surface area contributed by atoms with Crippen molar-refractivity contribution in [3.05, 3.63) is 45.7 Å². The molecule has 0 radical (unpaired) electrons. The molecular formula is C24H29ClN6O5S. The lowest BCUT2D eigenvalue weighted by molar-refractivity contribution is -0.136. The van der Waals surface area contributed by atoms with Crippen LogP contribution in [0.4, 0.5) is 0 Å². The molecule has 0 aromatic carbocycles. The van der Waals surface area contributed by atoms with Crippen LogP contribution in [0, 0.1) is 0 Å². The van der Waals surface area contributed by atoms with E-state index < -0.39 is 11.9 Å². The molecule has 13 heteroatoms. The van der Waals surface area contributed by atoms with Gasteiger partial charge in [0, 0.05) is 43.9 Å². The standard InChI is InChI=1S/C24H29ClN6O5S/c1-14(2)30-9-6-15(7-10-30)27-24(35)18-12-17(23(34)26-8-5-22(32)33)28-31(18)13-16-11-19(36-29-16)20-3-4-21(25)37-20/h3-4,11-12,14-15H,5-10,13H2,1-2H3,(H,26,34)(H,27,35)(H,32,33). The number of carboxylic acid groups (broad SMARTS) is 1. The number of likely N-dealkylation sites (tertiary alicyclic amines) is 1. The van der Waals surface area contributed by atoms with Gasteiger partial charge in [-0.3, -0.25) is 19.1 Å². The molecule has 2 amide bonds. The van der Waals surface area contributed by atoms with E-state index >= 15 is 0 Å². The minimum absolute atomic E-state index is 0.0129. The highest BCUT2D eigenvalue weighted by molar-refractivity contribution is 7.19. The Balaban J connectivity index is 1.51. The number of aliphatic carboxylic acids is 1. The molecule has 0 saturated carbocycles. The van der Waals surface area contributed by atoms with E-state index in [9.17, 15) is 14.4 Å². The number of nitrogens with one attached hydrogen (secondary N) is 2. The Bertz CT molecular complexity index is 1260. The summed E-state index contributed by atoms with van der Waals surface area (Å²) in [7, 11) is 0. The molecule has 0 spiro atoms. The number of amides is 2. The number of rotatable bonds is 10. The predicted molar refractivity (Wildman–Crippen MR) is 138 cm³/mol. The van der Waals surface area contributed by atoms with Crippen molar-refractivity contribution in [2.45, 2.75) is 51.7 Å². The monoisotopic (exact) mass is 548 g/mol. The van der Waals surface area contributed by atoms with Crippen LogP contribution in [0.25, 0.3) is 10.6 Å². The number of aromatic nitrogens is 3. The van der Waals surface area contributed by atoms with Crippen molar-refractivity contribution in [2.75, 3.05) is 19.6 Å². The maximum Gasteiger partial charge on any atom is 0.305 e. The maximum absolute atomic E-state index is 13.3. The van der Waals surface area contributed by atoms with E-state index in [1.807, 2.05) is 6.07 Å². The van der Waals surface area contributed by atoms with Crippen molar-refractivity contribution >= 4 is 40.7 Å². The van der Waals surface area contributed by atoms with E-state index in [-0.39, 0.29) is 42.8 Å². The minimum atomic E-state index is -1.02. The quantitative estimate of drug-likeness (QED) is 0.351. The highest BCUT2D eigenvalue weighted by atomic mass is 35.5. The summed E-state index contributed by atoms with van der Waals surface area (Å²) in [6, 6.07) is 7.21. The van der Waals surface area contributed by atoms with Crippen molar-refractivity contribution in [3.8, 4) is 10.6 Å². The van der Waals surface area contributed by atoms with Crippen LogP contribution in [0.15, 0.2) is 28.8 Å².